The minimum absolute atomic E-state index is 0.00720. The summed E-state index contributed by atoms with van der Waals surface area (Å²) in [4.78, 5) is 22.8. The molecule has 0 saturated carbocycles. The van der Waals surface area contributed by atoms with E-state index in [-0.39, 0.29) is 24.1 Å². The lowest BCUT2D eigenvalue weighted by molar-refractivity contribution is 0.177. The molecule has 0 aliphatic carbocycles. The van der Waals surface area contributed by atoms with Gasteiger partial charge < -0.3 is 10.1 Å². The van der Waals surface area contributed by atoms with Gasteiger partial charge in [-0.05, 0) is 35.2 Å². The van der Waals surface area contributed by atoms with Crippen LogP contribution in [0.2, 0.25) is 0 Å². The molecule has 3 aromatic rings. The maximum Gasteiger partial charge on any atom is 0.415 e. The molecular formula is C22H24N4O2. The zero-order valence-electron chi connectivity index (χ0n) is 16.3. The molecule has 1 aliphatic rings. The molecule has 2 heterocycles. The summed E-state index contributed by atoms with van der Waals surface area (Å²) in [6, 6.07) is 16.3. The molecule has 144 valence electrons. The first kappa shape index (κ1) is 18.2. The third-order valence-corrected chi connectivity index (χ3v) is 5.20. The van der Waals surface area contributed by atoms with Crippen molar-refractivity contribution in [3.8, 4) is 0 Å². The number of nitrogens with one attached hydrogen (secondary N) is 1. The van der Waals surface area contributed by atoms with Crippen LogP contribution in [0.25, 0.3) is 10.8 Å². The Labute approximate surface area is 164 Å². The van der Waals surface area contributed by atoms with Crippen molar-refractivity contribution < 1.29 is 9.53 Å². The van der Waals surface area contributed by atoms with Gasteiger partial charge in [-0.1, -0.05) is 56.3 Å². The number of amides is 1. The highest BCUT2D eigenvalue weighted by atomic mass is 16.6. The van der Waals surface area contributed by atoms with Crippen molar-refractivity contribution in [1.29, 1.82) is 0 Å². The number of benzene rings is 2. The standard InChI is InChI=1S/C22H24N4O2/c1-14(2)19-13-28-22(27)26(19)20-11-12-23-21(25-20)24-15(3)17-10-6-8-16-7-4-5-9-18(16)17/h4-12,14-15,19H,13H2,1-3H3,(H,23,24,25)/t15-,19?/m1/s1. The van der Waals surface area contributed by atoms with Crippen LogP contribution in [-0.4, -0.2) is 28.7 Å². The van der Waals surface area contributed by atoms with E-state index in [4.69, 9.17) is 4.74 Å². The van der Waals surface area contributed by atoms with Crippen LogP contribution < -0.4 is 10.2 Å². The number of carbonyl (C=O) groups is 1. The quantitative estimate of drug-likeness (QED) is 0.694. The van der Waals surface area contributed by atoms with Crippen molar-refractivity contribution in [2.45, 2.75) is 32.9 Å². The summed E-state index contributed by atoms with van der Waals surface area (Å²) < 4.78 is 5.24. The Morgan fingerprint density at radius 1 is 1.11 bits per heavy atom. The van der Waals surface area contributed by atoms with Crippen LogP contribution in [0.5, 0.6) is 0 Å². The Hall–Kier alpha value is -3.15. The molecular weight excluding hydrogens is 352 g/mol. The van der Waals surface area contributed by atoms with Gasteiger partial charge in [0.1, 0.15) is 12.4 Å². The fourth-order valence-corrected chi connectivity index (χ4v) is 3.64. The molecule has 1 unspecified atom stereocenters. The van der Waals surface area contributed by atoms with Crippen molar-refractivity contribution in [2.75, 3.05) is 16.8 Å². The summed E-state index contributed by atoms with van der Waals surface area (Å²) in [5, 5.41) is 5.77. The predicted octanol–water partition coefficient (Wildman–Crippen LogP) is 4.78. The third-order valence-electron chi connectivity index (χ3n) is 5.20. The van der Waals surface area contributed by atoms with Crippen LogP contribution in [0.3, 0.4) is 0 Å². The fraction of sp³-hybridized carbons (Fsp3) is 0.318. The second kappa shape index (κ2) is 7.46. The summed E-state index contributed by atoms with van der Waals surface area (Å²) in [6.07, 6.45) is 1.31. The minimum atomic E-state index is -0.356. The first-order valence-electron chi connectivity index (χ1n) is 9.58. The van der Waals surface area contributed by atoms with E-state index in [1.807, 2.05) is 12.1 Å². The lowest BCUT2D eigenvalue weighted by Gasteiger charge is -2.24. The van der Waals surface area contributed by atoms with E-state index in [1.54, 1.807) is 17.2 Å². The molecule has 1 amide bonds. The van der Waals surface area contributed by atoms with E-state index < -0.39 is 0 Å². The first-order valence-corrected chi connectivity index (χ1v) is 9.58. The number of carbonyl (C=O) groups excluding carboxylic acids is 1. The van der Waals surface area contributed by atoms with Crippen LogP contribution in [0.4, 0.5) is 16.6 Å². The van der Waals surface area contributed by atoms with Crippen molar-refractivity contribution in [3.05, 3.63) is 60.3 Å². The van der Waals surface area contributed by atoms with E-state index >= 15 is 0 Å². The van der Waals surface area contributed by atoms with Gasteiger partial charge in [-0.25, -0.2) is 9.78 Å². The maximum absolute atomic E-state index is 12.2. The number of cyclic esters (lactones) is 1. The summed E-state index contributed by atoms with van der Waals surface area (Å²) in [6.45, 7) is 6.61. The van der Waals surface area contributed by atoms with Crippen LogP contribution in [-0.2, 0) is 4.74 Å². The third kappa shape index (κ3) is 3.38. The van der Waals surface area contributed by atoms with Crippen LogP contribution in [0.1, 0.15) is 32.4 Å². The van der Waals surface area contributed by atoms with Gasteiger partial charge in [-0.15, -0.1) is 0 Å². The van der Waals surface area contributed by atoms with Gasteiger partial charge in [0, 0.05) is 6.20 Å². The SMILES string of the molecule is CC(C)C1COC(=O)N1c1ccnc(N[C@H](C)c2cccc3ccccc23)n1. The summed E-state index contributed by atoms with van der Waals surface area (Å²) >= 11 is 0. The Kier molecular flexibility index (Phi) is 4.86. The summed E-state index contributed by atoms with van der Waals surface area (Å²) in [5.74, 6) is 1.32. The van der Waals surface area contributed by atoms with Gasteiger partial charge in [-0.2, -0.15) is 4.98 Å². The number of anilines is 2. The molecule has 6 nitrogen and oxygen atoms in total. The zero-order valence-corrected chi connectivity index (χ0v) is 16.3. The number of fused-ring (bicyclic) bond motifs is 1. The fourth-order valence-electron chi connectivity index (χ4n) is 3.64. The predicted molar refractivity (Wildman–Crippen MR) is 110 cm³/mol. The molecule has 28 heavy (non-hydrogen) atoms. The van der Waals surface area contributed by atoms with Crippen molar-refractivity contribution in [3.63, 3.8) is 0 Å². The number of rotatable bonds is 5. The Morgan fingerprint density at radius 2 is 1.89 bits per heavy atom. The highest BCUT2D eigenvalue weighted by Gasteiger charge is 2.37. The van der Waals surface area contributed by atoms with Gasteiger partial charge in [-0.3, -0.25) is 4.90 Å². The number of hydrogen-bond acceptors (Lipinski definition) is 5. The molecule has 2 aromatic carbocycles. The topological polar surface area (TPSA) is 67.3 Å². The minimum Gasteiger partial charge on any atom is -0.447 e. The average Bonchev–Trinajstić information content (AvgIpc) is 3.09. The average molecular weight is 376 g/mol. The zero-order chi connectivity index (χ0) is 19.7. The van der Waals surface area contributed by atoms with E-state index in [0.29, 0.717) is 18.4 Å². The van der Waals surface area contributed by atoms with Gasteiger partial charge in [0.25, 0.3) is 0 Å². The molecule has 1 fully saturated rings. The van der Waals surface area contributed by atoms with E-state index in [0.717, 1.165) is 0 Å². The summed E-state index contributed by atoms with van der Waals surface area (Å²) in [7, 11) is 0. The van der Waals surface area contributed by atoms with E-state index in [1.165, 1.54) is 16.3 Å². The summed E-state index contributed by atoms with van der Waals surface area (Å²) in [5.41, 5.74) is 1.17. The molecule has 4 rings (SSSR count). The van der Waals surface area contributed by atoms with E-state index in [2.05, 4.69) is 66.4 Å². The van der Waals surface area contributed by atoms with Crippen LogP contribution in [0, 0.1) is 5.92 Å². The van der Waals surface area contributed by atoms with Crippen molar-refractivity contribution >= 4 is 28.6 Å². The lowest BCUT2D eigenvalue weighted by atomic mass is 10.00. The number of aromatic nitrogens is 2. The highest BCUT2D eigenvalue weighted by Crippen LogP contribution is 2.28. The first-order chi connectivity index (χ1) is 13.5. The monoisotopic (exact) mass is 376 g/mol. The molecule has 2 atom stereocenters. The van der Waals surface area contributed by atoms with Gasteiger partial charge in [0.05, 0.1) is 12.1 Å². The van der Waals surface area contributed by atoms with Gasteiger partial charge >= 0.3 is 6.09 Å². The largest absolute Gasteiger partial charge is 0.447 e. The Bertz CT molecular complexity index is 999. The van der Waals surface area contributed by atoms with Crippen LogP contribution >= 0.6 is 0 Å². The van der Waals surface area contributed by atoms with E-state index in [9.17, 15) is 4.79 Å². The van der Waals surface area contributed by atoms with Gasteiger partial charge in [0.15, 0.2) is 0 Å². The molecule has 1 aromatic heterocycles. The molecule has 0 spiro atoms. The second-order valence-electron chi connectivity index (χ2n) is 7.43. The van der Waals surface area contributed by atoms with Gasteiger partial charge in [0.2, 0.25) is 5.95 Å². The smallest absolute Gasteiger partial charge is 0.415 e. The number of nitrogens with zero attached hydrogens (tertiary/aromatic N) is 3. The molecule has 6 heteroatoms. The van der Waals surface area contributed by atoms with Crippen molar-refractivity contribution in [2.24, 2.45) is 5.92 Å². The number of ether oxygens (including phenoxy) is 1. The van der Waals surface area contributed by atoms with Crippen molar-refractivity contribution in [1.82, 2.24) is 9.97 Å². The molecule has 0 bridgehead atoms. The molecule has 1 N–H and O–H groups in total. The second-order valence-corrected chi connectivity index (χ2v) is 7.43. The molecule has 1 aliphatic heterocycles. The van der Waals surface area contributed by atoms with Crippen LogP contribution in [0.15, 0.2) is 54.7 Å². The molecule has 1 saturated heterocycles. The number of hydrogen-bond donors (Lipinski definition) is 1. The Morgan fingerprint density at radius 3 is 2.71 bits per heavy atom. The normalized spacial score (nSPS) is 17.8. The lowest BCUT2D eigenvalue weighted by Crippen LogP contribution is -2.37. The Balaban J connectivity index is 1.61. The maximum atomic E-state index is 12.2. The highest BCUT2D eigenvalue weighted by molar-refractivity contribution is 5.89. The molecule has 0 radical (unpaired) electrons.